The average molecular weight is 250 g/mol. The Balaban J connectivity index is 1.66. The van der Waals surface area contributed by atoms with Crippen molar-refractivity contribution in [3.05, 3.63) is 23.7 Å². The van der Waals surface area contributed by atoms with E-state index in [0.717, 1.165) is 31.2 Å². The maximum Gasteiger partial charge on any atom is 0.118 e. The number of hydrogen-bond donors (Lipinski definition) is 1. The molecule has 0 radical (unpaired) electrons. The lowest BCUT2D eigenvalue weighted by Gasteiger charge is -2.43. The Morgan fingerprint density at radius 1 is 1.22 bits per heavy atom. The SMILES string of the molecule is NCc1ccc(CN2CCOC3CCCCC32)o1. The third-order valence-electron chi connectivity index (χ3n) is 4.12. The van der Waals surface area contributed by atoms with Crippen LogP contribution in [0, 0.1) is 0 Å². The monoisotopic (exact) mass is 250 g/mol. The maximum atomic E-state index is 5.88. The number of rotatable bonds is 3. The number of nitrogens with two attached hydrogens (primary N) is 1. The summed E-state index contributed by atoms with van der Waals surface area (Å²) in [4.78, 5) is 2.52. The number of hydrogen-bond acceptors (Lipinski definition) is 4. The normalized spacial score (nSPS) is 29.2. The molecule has 0 bridgehead atoms. The Bertz CT molecular complexity index is 389. The molecule has 2 atom stereocenters. The van der Waals surface area contributed by atoms with E-state index in [1.807, 2.05) is 6.07 Å². The fourth-order valence-corrected chi connectivity index (χ4v) is 3.19. The summed E-state index contributed by atoms with van der Waals surface area (Å²) in [5.74, 6) is 1.90. The van der Waals surface area contributed by atoms with Crippen LogP contribution in [0.3, 0.4) is 0 Å². The Kier molecular flexibility index (Phi) is 3.68. The third kappa shape index (κ3) is 2.46. The standard InChI is InChI=1S/C14H22N2O2/c15-9-11-5-6-12(18-11)10-16-7-8-17-14-4-2-1-3-13(14)16/h5-6,13-14H,1-4,7-10,15H2. The summed E-state index contributed by atoms with van der Waals surface area (Å²) in [5, 5.41) is 0. The summed E-state index contributed by atoms with van der Waals surface area (Å²) in [6.07, 6.45) is 5.56. The van der Waals surface area contributed by atoms with Crippen LogP contribution in [0.4, 0.5) is 0 Å². The zero-order chi connectivity index (χ0) is 12.4. The highest BCUT2D eigenvalue weighted by atomic mass is 16.5. The van der Waals surface area contributed by atoms with E-state index in [9.17, 15) is 0 Å². The van der Waals surface area contributed by atoms with Crippen molar-refractivity contribution in [2.24, 2.45) is 5.73 Å². The van der Waals surface area contributed by atoms with E-state index in [2.05, 4.69) is 11.0 Å². The highest BCUT2D eigenvalue weighted by Gasteiger charge is 2.34. The minimum Gasteiger partial charge on any atom is -0.463 e. The molecule has 1 aromatic rings. The van der Waals surface area contributed by atoms with Crippen LogP contribution in [0.1, 0.15) is 37.2 Å². The molecular formula is C14H22N2O2. The summed E-state index contributed by atoms with van der Waals surface area (Å²) in [6.45, 7) is 3.24. The molecule has 100 valence electrons. The first-order chi connectivity index (χ1) is 8.86. The van der Waals surface area contributed by atoms with Crippen LogP contribution in [0.15, 0.2) is 16.5 Å². The molecule has 0 amide bonds. The van der Waals surface area contributed by atoms with Crippen molar-refractivity contribution in [2.75, 3.05) is 13.2 Å². The van der Waals surface area contributed by atoms with Gasteiger partial charge in [-0.05, 0) is 25.0 Å². The smallest absolute Gasteiger partial charge is 0.118 e. The molecule has 4 heteroatoms. The third-order valence-corrected chi connectivity index (χ3v) is 4.12. The molecule has 0 spiro atoms. The number of morpholine rings is 1. The van der Waals surface area contributed by atoms with Crippen LogP contribution in [-0.4, -0.2) is 30.2 Å². The predicted molar refractivity (Wildman–Crippen MR) is 69.0 cm³/mol. The Labute approximate surface area is 108 Å². The largest absolute Gasteiger partial charge is 0.463 e. The van der Waals surface area contributed by atoms with Crippen LogP contribution in [-0.2, 0) is 17.8 Å². The Hall–Kier alpha value is -0.840. The van der Waals surface area contributed by atoms with Gasteiger partial charge < -0.3 is 14.9 Å². The van der Waals surface area contributed by atoms with Gasteiger partial charge in [0.25, 0.3) is 0 Å². The van der Waals surface area contributed by atoms with Crippen molar-refractivity contribution < 1.29 is 9.15 Å². The molecule has 18 heavy (non-hydrogen) atoms. The summed E-state index contributed by atoms with van der Waals surface area (Å²) in [7, 11) is 0. The molecule has 2 N–H and O–H groups in total. The fourth-order valence-electron chi connectivity index (χ4n) is 3.19. The summed E-state index contributed by atoms with van der Waals surface area (Å²) in [6, 6.07) is 4.61. The van der Waals surface area contributed by atoms with Gasteiger partial charge in [-0.15, -0.1) is 0 Å². The van der Waals surface area contributed by atoms with Crippen LogP contribution in [0.2, 0.25) is 0 Å². The number of fused-ring (bicyclic) bond motifs is 1. The lowest BCUT2D eigenvalue weighted by molar-refractivity contribution is -0.0927. The predicted octanol–water partition coefficient (Wildman–Crippen LogP) is 1.88. The lowest BCUT2D eigenvalue weighted by atomic mass is 9.90. The van der Waals surface area contributed by atoms with Crippen molar-refractivity contribution in [1.82, 2.24) is 4.90 Å². The van der Waals surface area contributed by atoms with E-state index < -0.39 is 0 Å². The van der Waals surface area contributed by atoms with Gasteiger partial charge in [-0.3, -0.25) is 4.90 Å². The van der Waals surface area contributed by atoms with Crippen molar-refractivity contribution >= 4 is 0 Å². The van der Waals surface area contributed by atoms with Crippen molar-refractivity contribution in [3.8, 4) is 0 Å². The molecule has 0 aromatic carbocycles. The van der Waals surface area contributed by atoms with Crippen LogP contribution < -0.4 is 5.73 Å². The molecule has 1 saturated heterocycles. The van der Waals surface area contributed by atoms with Gasteiger partial charge in [0.05, 0.1) is 25.8 Å². The van der Waals surface area contributed by atoms with Gasteiger partial charge >= 0.3 is 0 Å². The van der Waals surface area contributed by atoms with E-state index in [1.165, 1.54) is 25.7 Å². The maximum absolute atomic E-state index is 5.88. The van der Waals surface area contributed by atoms with Gasteiger partial charge in [-0.1, -0.05) is 12.8 Å². The second-order valence-electron chi connectivity index (χ2n) is 5.30. The van der Waals surface area contributed by atoms with Gasteiger partial charge in [0.15, 0.2) is 0 Å². The molecule has 1 saturated carbocycles. The first-order valence-electron chi connectivity index (χ1n) is 7.00. The minimum absolute atomic E-state index is 0.441. The Morgan fingerprint density at radius 2 is 2.06 bits per heavy atom. The zero-order valence-corrected chi connectivity index (χ0v) is 10.8. The summed E-state index contributed by atoms with van der Waals surface area (Å²) >= 11 is 0. The Morgan fingerprint density at radius 3 is 2.89 bits per heavy atom. The lowest BCUT2D eigenvalue weighted by Crippen LogP contribution is -2.52. The number of nitrogens with zero attached hydrogens (tertiary/aromatic N) is 1. The number of furan rings is 1. The van der Waals surface area contributed by atoms with Gasteiger partial charge in [-0.2, -0.15) is 0 Å². The minimum atomic E-state index is 0.441. The van der Waals surface area contributed by atoms with Crippen LogP contribution in [0.25, 0.3) is 0 Å². The van der Waals surface area contributed by atoms with Gasteiger partial charge in [0.1, 0.15) is 11.5 Å². The quantitative estimate of drug-likeness (QED) is 0.890. The van der Waals surface area contributed by atoms with Gasteiger partial charge in [-0.25, -0.2) is 0 Å². The molecule has 2 aliphatic rings. The topological polar surface area (TPSA) is 51.6 Å². The molecule has 1 aliphatic heterocycles. The molecule has 2 unspecified atom stereocenters. The fraction of sp³-hybridized carbons (Fsp3) is 0.714. The zero-order valence-electron chi connectivity index (χ0n) is 10.8. The summed E-state index contributed by atoms with van der Waals surface area (Å²) < 4.78 is 11.6. The highest BCUT2D eigenvalue weighted by molar-refractivity contribution is 5.07. The number of ether oxygens (including phenoxy) is 1. The van der Waals surface area contributed by atoms with E-state index in [0.29, 0.717) is 18.7 Å². The highest BCUT2D eigenvalue weighted by Crippen LogP contribution is 2.29. The average Bonchev–Trinajstić information content (AvgIpc) is 2.87. The first-order valence-corrected chi connectivity index (χ1v) is 7.00. The first kappa shape index (κ1) is 12.2. The molecular weight excluding hydrogens is 228 g/mol. The van der Waals surface area contributed by atoms with Gasteiger partial charge in [0, 0.05) is 12.6 Å². The molecule has 2 heterocycles. The van der Waals surface area contributed by atoms with E-state index in [4.69, 9.17) is 14.9 Å². The van der Waals surface area contributed by atoms with Crippen LogP contribution >= 0.6 is 0 Å². The molecule has 3 rings (SSSR count). The van der Waals surface area contributed by atoms with E-state index in [-0.39, 0.29) is 0 Å². The van der Waals surface area contributed by atoms with E-state index >= 15 is 0 Å². The second kappa shape index (κ2) is 5.43. The van der Waals surface area contributed by atoms with Gasteiger partial charge in [0.2, 0.25) is 0 Å². The summed E-state index contributed by atoms with van der Waals surface area (Å²) in [5.41, 5.74) is 5.58. The van der Waals surface area contributed by atoms with Crippen LogP contribution in [0.5, 0.6) is 0 Å². The molecule has 1 aromatic heterocycles. The van der Waals surface area contributed by atoms with Crippen molar-refractivity contribution in [1.29, 1.82) is 0 Å². The second-order valence-corrected chi connectivity index (χ2v) is 5.30. The molecule has 1 aliphatic carbocycles. The molecule has 2 fully saturated rings. The molecule has 4 nitrogen and oxygen atoms in total. The van der Waals surface area contributed by atoms with E-state index in [1.54, 1.807) is 0 Å². The van der Waals surface area contributed by atoms with Crippen molar-refractivity contribution in [3.63, 3.8) is 0 Å². The van der Waals surface area contributed by atoms with Crippen molar-refractivity contribution in [2.45, 2.75) is 50.9 Å².